The third-order valence-electron chi connectivity index (χ3n) is 4.67. The molecule has 0 aliphatic heterocycles. The van der Waals surface area contributed by atoms with Gasteiger partial charge in [0.25, 0.3) is 0 Å². The van der Waals surface area contributed by atoms with Gasteiger partial charge in [-0.15, -0.1) is 0 Å². The highest BCUT2D eigenvalue weighted by Crippen LogP contribution is 2.28. The first-order valence-electron chi connectivity index (χ1n) is 9.31. The lowest BCUT2D eigenvalue weighted by molar-refractivity contribution is 0.0486. The molecule has 2 heterocycles. The van der Waals surface area contributed by atoms with Crippen molar-refractivity contribution in [3.8, 4) is 0 Å². The molecular formula is C18H27BrN6O2. The normalized spacial score (nSPS) is 20.5. The number of aromatic nitrogens is 4. The van der Waals surface area contributed by atoms with Crippen molar-refractivity contribution in [3.05, 3.63) is 10.8 Å². The van der Waals surface area contributed by atoms with Crippen molar-refractivity contribution in [1.82, 2.24) is 25.1 Å². The summed E-state index contributed by atoms with van der Waals surface area (Å²) >= 11 is 3.50. The molecule has 148 valence electrons. The molecule has 2 aromatic rings. The Kier molecular flexibility index (Phi) is 5.88. The molecule has 2 N–H and O–H groups in total. The number of nitrogens with one attached hydrogen (secondary N) is 2. The maximum Gasteiger partial charge on any atom is 0.407 e. The number of alkyl carbamates (subject to hydrolysis) is 1. The van der Waals surface area contributed by atoms with Gasteiger partial charge in [0.05, 0.1) is 5.39 Å². The first-order valence-corrected chi connectivity index (χ1v) is 10.1. The van der Waals surface area contributed by atoms with E-state index in [0.717, 1.165) is 47.9 Å². The molecule has 0 atom stereocenters. The van der Waals surface area contributed by atoms with Gasteiger partial charge in [0.2, 0.25) is 5.95 Å². The summed E-state index contributed by atoms with van der Waals surface area (Å²) in [4.78, 5) is 20.7. The molecule has 0 radical (unpaired) electrons. The van der Waals surface area contributed by atoms with Crippen molar-refractivity contribution in [2.24, 2.45) is 5.92 Å². The molecule has 1 fully saturated rings. The van der Waals surface area contributed by atoms with Gasteiger partial charge in [-0.3, -0.25) is 0 Å². The van der Waals surface area contributed by atoms with Crippen LogP contribution in [0, 0.1) is 5.92 Å². The fourth-order valence-corrected chi connectivity index (χ4v) is 3.85. The summed E-state index contributed by atoms with van der Waals surface area (Å²) in [6.07, 6.45) is 5.40. The molecular weight excluding hydrogens is 412 g/mol. The van der Waals surface area contributed by atoms with E-state index < -0.39 is 5.60 Å². The zero-order chi connectivity index (χ0) is 19.6. The highest BCUT2D eigenvalue weighted by Gasteiger charge is 2.26. The number of ether oxygens (including phenoxy) is 1. The van der Waals surface area contributed by atoms with Crippen molar-refractivity contribution in [3.63, 3.8) is 0 Å². The van der Waals surface area contributed by atoms with Crippen LogP contribution >= 0.6 is 15.9 Å². The maximum absolute atomic E-state index is 11.9. The van der Waals surface area contributed by atoms with Crippen LogP contribution in [0.3, 0.4) is 0 Å². The largest absolute Gasteiger partial charge is 0.444 e. The van der Waals surface area contributed by atoms with Gasteiger partial charge in [-0.1, -0.05) is 0 Å². The predicted molar refractivity (Wildman–Crippen MR) is 108 cm³/mol. The summed E-state index contributed by atoms with van der Waals surface area (Å²) in [5.74, 6) is 1.09. The van der Waals surface area contributed by atoms with Crippen LogP contribution in [0.4, 0.5) is 10.7 Å². The number of carbonyl (C=O) groups is 1. The second-order valence-corrected chi connectivity index (χ2v) is 8.77. The van der Waals surface area contributed by atoms with E-state index in [-0.39, 0.29) is 12.1 Å². The molecule has 27 heavy (non-hydrogen) atoms. The van der Waals surface area contributed by atoms with Crippen LogP contribution < -0.4 is 10.6 Å². The Hall–Kier alpha value is -1.90. The number of amides is 1. The van der Waals surface area contributed by atoms with E-state index >= 15 is 0 Å². The fourth-order valence-electron chi connectivity index (χ4n) is 3.38. The lowest BCUT2D eigenvalue weighted by atomic mass is 9.86. The van der Waals surface area contributed by atoms with E-state index in [1.165, 1.54) is 0 Å². The van der Waals surface area contributed by atoms with Crippen molar-refractivity contribution < 1.29 is 9.53 Å². The second kappa shape index (κ2) is 8.00. The van der Waals surface area contributed by atoms with E-state index in [4.69, 9.17) is 4.74 Å². The number of carbonyl (C=O) groups excluding carboxylic acids is 1. The summed E-state index contributed by atoms with van der Waals surface area (Å²) in [6, 6.07) is 0.176. The number of anilines is 1. The number of rotatable bonds is 4. The lowest BCUT2D eigenvalue weighted by Gasteiger charge is -2.30. The average Bonchev–Trinajstić information content (AvgIpc) is 2.90. The maximum atomic E-state index is 11.9. The Morgan fingerprint density at radius 1 is 1.33 bits per heavy atom. The van der Waals surface area contributed by atoms with E-state index in [0.29, 0.717) is 11.9 Å². The molecule has 9 heteroatoms. The number of fused-ring (bicyclic) bond motifs is 1. The average molecular weight is 439 g/mol. The minimum Gasteiger partial charge on any atom is -0.444 e. The minimum atomic E-state index is -0.468. The fraction of sp³-hybridized carbons (Fsp3) is 0.667. The number of nitrogens with zero attached hydrogens (tertiary/aromatic N) is 4. The lowest BCUT2D eigenvalue weighted by Crippen LogP contribution is -2.41. The van der Waals surface area contributed by atoms with Gasteiger partial charge in [-0.2, -0.15) is 10.1 Å². The Labute approximate surface area is 167 Å². The molecule has 0 aromatic carbocycles. The van der Waals surface area contributed by atoms with Crippen LogP contribution in [0.5, 0.6) is 0 Å². The van der Waals surface area contributed by atoms with Gasteiger partial charge in [0.15, 0.2) is 5.65 Å². The highest BCUT2D eigenvalue weighted by atomic mass is 79.9. The Morgan fingerprint density at radius 2 is 2.04 bits per heavy atom. The van der Waals surface area contributed by atoms with Crippen molar-refractivity contribution in [2.45, 2.75) is 64.6 Å². The molecule has 1 amide bonds. The Balaban J connectivity index is 1.58. The zero-order valence-corrected chi connectivity index (χ0v) is 17.8. The van der Waals surface area contributed by atoms with E-state index in [2.05, 4.69) is 41.6 Å². The van der Waals surface area contributed by atoms with Gasteiger partial charge in [0, 0.05) is 25.8 Å². The second-order valence-electron chi connectivity index (χ2n) is 8.02. The van der Waals surface area contributed by atoms with Crippen LogP contribution in [-0.4, -0.2) is 44.5 Å². The molecule has 0 saturated heterocycles. The molecule has 0 unspecified atom stereocenters. The van der Waals surface area contributed by atoms with E-state index in [9.17, 15) is 4.79 Å². The molecule has 1 aliphatic carbocycles. The summed E-state index contributed by atoms with van der Waals surface area (Å²) in [6.45, 7) is 6.43. The van der Waals surface area contributed by atoms with Crippen LogP contribution in [0.2, 0.25) is 0 Å². The predicted octanol–water partition coefficient (Wildman–Crippen LogP) is 3.71. The first kappa shape index (κ1) is 19.9. The Bertz CT molecular complexity index is 808. The standard InChI is InChI=1S/C18H27BrN6O2/c1-18(2,3)27-17(26)22-12-7-5-11(6-8-12)10-25-15-13(14(19)24-25)9-21-16(20-4)23-15/h9,11-12H,5-8,10H2,1-4H3,(H,22,26)(H,20,21,23). The van der Waals surface area contributed by atoms with Crippen LogP contribution in [0.25, 0.3) is 11.0 Å². The molecule has 3 rings (SSSR count). The highest BCUT2D eigenvalue weighted by molar-refractivity contribution is 9.10. The van der Waals surface area contributed by atoms with Gasteiger partial charge in [0.1, 0.15) is 10.2 Å². The monoisotopic (exact) mass is 438 g/mol. The molecule has 0 spiro atoms. The van der Waals surface area contributed by atoms with Crippen molar-refractivity contribution in [1.29, 1.82) is 0 Å². The summed E-state index contributed by atoms with van der Waals surface area (Å²) in [7, 11) is 1.80. The minimum absolute atomic E-state index is 0.176. The number of hydrogen-bond acceptors (Lipinski definition) is 6. The molecule has 0 bridgehead atoms. The van der Waals surface area contributed by atoms with E-state index in [1.54, 1.807) is 13.2 Å². The quantitative estimate of drug-likeness (QED) is 0.755. The molecule has 1 saturated carbocycles. The third kappa shape index (κ3) is 5.09. The van der Waals surface area contributed by atoms with Gasteiger partial charge in [-0.25, -0.2) is 14.5 Å². The van der Waals surface area contributed by atoms with Crippen LogP contribution in [-0.2, 0) is 11.3 Å². The number of hydrogen-bond donors (Lipinski definition) is 2. The Morgan fingerprint density at radius 3 is 2.67 bits per heavy atom. The molecule has 8 nitrogen and oxygen atoms in total. The first-order chi connectivity index (χ1) is 12.7. The SMILES string of the molecule is CNc1ncc2c(Br)nn(CC3CCC(NC(=O)OC(C)(C)C)CC3)c2n1. The van der Waals surface area contributed by atoms with Crippen LogP contribution in [0.1, 0.15) is 46.5 Å². The topological polar surface area (TPSA) is 94.0 Å². The number of halogens is 1. The van der Waals surface area contributed by atoms with E-state index in [1.807, 2.05) is 25.5 Å². The van der Waals surface area contributed by atoms with Gasteiger partial charge < -0.3 is 15.4 Å². The summed E-state index contributed by atoms with van der Waals surface area (Å²) < 4.78 is 8.06. The molecule has 2 aromatic heterocycles. The van der Waals surface area contributed by atoms with Crippen molar-refractivity contribution in [2.75, 3.05) is 12.4 Å². The van der Waals surface area contributed by atoms with Gasteiger partial charge in [-0.05, 0) is 68.3 Å². The van der Waals surface area contributed by atoms with Gasteiger partial charge >= 0.3 is 6.09 Å². The summed E-state index contributed by atoms with van der Waals surface area (Å²) in [5, 5.41) is 11.4. The van der Waals surface area contributed by atoms with Crippen molar-refractivity contribution >= 4 is 39.0 Å². The smallest absolute Gasteiger partial charge is 0.407 e. The third-order valence-corrected chi connectivity index (χ3v) is 5.25. The van der Waals surface area contributed by atoms with Crippen LogP contribution in [0.15, 0.2) is 10.8 Å². The zero-order valence-electron chi connectivity index (χ0n) is 16.3. The summed E-state index contributed by atoms with van der Waals surface area (Å²) in [5.41, 5.74) is 0.361. The molecule has 1 aliphatic rings.